The van der Waals surface area contributed by atoms with Gasteiger partial charge in [-0.15, -0.1) is 3.89 Å². The van der Waals surface area contributed by atoms with Gasteiger partial charge < -0.3 is 14.4 Å². The average Bonchev–Trinajstić information content (AvgIpc) is 3.05. The van der Waals surface area contributed by atoms with Gasteiger partial charge in [0.25, 0.3) is 12.4 Å². The molecule has 3 aromatic carbocycles. The summed E-state index contributed by atoms with van der Waals surface area (Å²) in [5.74, 6) is 0.161. The second-order valence-electron chi connectivity index (χ2n) is 11.0. The second-order valence-corrected chi connectivity index (χ2v) is 14.3. The van der Waals surface area contributed by atoms with E-state index in [9.17, 15) is 8.68 Å². The van der Waals surface area contributed by atoms with Gasteiger partial charge in [-0.05, 0) is 87.8 Å². The summed E-state index contributed by atoms with van der Waals surface area (Å²) >= 11 is 1.53. The molecule has 2 aliphatic carbocycles. The molecule has 1 N–H and O–H groups in total. The Hall–Kier alpha value is -1.53. The summed E-state index contributed by atoms with van der Waals surface area (Å²) in [5, 5.41) is 4.46. The van der Waals surface area contributed by atoms with Gasteiger partial charge in [0.1, 0.15) is 11.1 Å². The van der Waals surface area contributed by atoms with Crippen LogP contribution in [0.3, 0.4) is 0 Å². The van der Waals surface area contributed by atoms with Crippen molar-refractivity contribution < 1.29 is 32.8 Å². The topological polar surface area (TPSA) is 41.6 Å². The molecular formula is C33H42AuClFN2O2PS. The molecule has 0 atom stereocenters. The fourth-order valence-electron chi connectivity index (χ4n) is 6.08. The van der Waals surface area contributed by atoms with Crippen molar-refractivity contribution in [2.75, 3.05) is 24.3 Å². The van der Waals surface area contributed by atoms with Crippen LogP contribution in [0.1, 0.15) is 74.6 Å². The number of carbonyl (C=O) groups excluding carboxylic acids is 1. The summed E-state index contributed by atoms with van der Waals surface area (Å²) in [6.45, 7) is 0. The summed E-state index contributed by atoms with van der Waals surface area (Å²) < 4.78 is 16.4. The second kappa shape index (κ2) is 19.7. The summed E-state index contributed by atoms with van der Waals surface area (Å²) in [5.41, 5.74) is 4.70. The van der Waals surface area contributed by atoms with Crippen molar-refractivity contribution in [2.24, 2.45) is 0 Å². The predicted octanol–water partition coefficient (Wildman–Crippen LogP) is 9.60. The van der Waals surface area contributed by atoms with Crippen molar-refractivity contribution in [3.63, 3.8) is 0 Å². The Morgan fingerprint density at radius 2 is 1.52 bits per heavy atom. The molecule has 2 saturated carbocycles. The van der Waals surface area contributed by atoms with Crippen LogP contribution in [-0.4, -0.2) is 31.3 Å². The van der Waals surface area contributed by atoms with Gasteiger partial charge in [0.15, 0.2) is 5.91 Å². The Balaban J connectivity index is 0.000000222. The zero-order chi connectivity index (χ0) is 30.2. The van der Waals surface area contributed by atoms with E-state index in [1.54, 1.807) is 73.8 Å². The van der Waals surface area contributed by atoms with Gasteiger partial charge in [-0.1, -0.05) is 30.5 Å². The van der Waals surface area contributed by atoms with Crippen molar-refractivity contribution in [1.82, 2.24) is 0 Å². The molecule has 42 heavy (non-hydrogen) atoms. The molecule has 0 radical (unpaired) electrons. The summed E-state index contributed by atoms with van der Waals surface area (Å²) in [7, 11) is 8.59. The molecule has 2 fully saturated rings. The fraction of sp³-hybridized carbons (Fsp3) is 0.424. The van der Waals surface area contributed by atoms with Crippen LogP contribution in [-0.2, 0) is 20.0 Å². The van der Waals surface area contributed by atoms with Crippen LogP contribution >= 0.6 is 29.5 Å². The fourth-order valence-corrected chi connectivity index (χ4v) is 10.8. The zero-order valence-corrected chi connectivity index (χ0v) is 29.1. The minimum atomic E-state index is -0.439. The molecule has 9 heteroatoms. The Kier molecular flexibility index (Phi) is 16.4. The van der Waals surface area contributed by atoms with Crippen molar-refractivity contribution in [1.29, 1.82) is 0 Å². The first-order valence-corrected chi connectivity index (χ1v) is 19.6. The van der Waals surface area contributed by atoms with Gasteiger partial charge in [0.2, 0.25) is 0 Å². The van der Waals surface area contributed by atoms with E-state index < -0.39 is 7.92 Å². The van der Waals surface area contributed by atoms with E-state index in [4.69, 9.17) is 0 Å². The third-order valence-corrected chi connectivity index (χ3v) is 12.2. The van der Waals surface area contributed by atoms with Gasteiger partial charge in [0, 0.05) is 27.7 Å². The number of hydrogen-bond donors (Lipinski definition) is 1. The van der Waals surface area contributed by atoms with Gasteiger partial charge in [-0.3, -0.25) is 4.79 Å². The summed E-state index contributed by atoms with van der Waals surface area (Å²) in [4.78, 5) is 14.2. The molecule has 4 nitrogen and oxygen atoms in total. The molecule has 0 unspecified atom stereocenters. The van der Waals surface area contributed by atoms with E-state index in [1.807, 2.05) is 0 Å². The third kappa shape index (κ3) is 10.9. The Bertz CT molecular complexity index is 1160. The number of carbonyl (C=O) groups is 1. The average molecular weight is 813 g/mol. The van der Waals surface area contributed by atoms with Crippen LogP contribution in [0.4, 0.5) is 15.3 Å². The van der Waals surface area contributed by atoms with Crippen LogP contribution in [0, 0.1) is 6.07 Å². The van der Waals surface area contributed by atoms with Crippen LogP contribution in [0.5, 0.6) is 5.75 Å². The predicted molar refractivity (Wildman–Crippen MR) is 177 cm³/mol. The van der Waals surface area contributed by atoms with Crippen LogP contribution in [0.2, 0.25) is 0 Å². The van der Waals surface area contributed by atoms with Crippen LogP contribution in [0.15, 0.2) is 72.8 Å². The van der Waals surface area contributed by atoms with Crippen molar-refractivity contribution in [2.45, 2.75) is 75.5 Å². The molecule has 0 aliphatic heterocycles. The number of nitrogens with one attached hydrogen (secondary N) is 1. The molecule has 0 spiro atoms. The van der Waals surface area contributed by atoms with Gasteiger partial charge in [-0.25, -0.2) is 0 Å². The Morgan fingerprint density at radius 1 is 0.929 bits per heavy atom. The first-order valence-electron chi connectivity index (χ1n) is 14.6. The quantitative estimate of drug-likeness (QED) is 0.107. The molecule has 0 aromatic heterocycles. The molecule has 0 heterocycles. The van der Waals surface area contributed by atoms with Crippen LogP contribution in [0.25, 0.3) is 0 Å². The molecule has 0 saturated heterocycles. The van der Waals surface area contributed by atoms with E-state index >= 15 is 0 Å². The standard InChI is InChI=1S/C20H32NP.C13H9FNO2S.Au.ClH/c1-21(2)19-15-9-10-16-20(19)22(17-11-5-3-6-12-17)18-13-7-4-8-14-18;14-18-17-12-8-6-11(7-9-12)15-13(16)10-4-2-1-3-5-10;;/h9-10,15-18H,3-8,11-14H2,1-2H3;1-2,4-9H,(H,15,16);;1H/q;-1;+1;. The molecular weight excluding hydrogens is 771 g/mol. The number of anilines is 2. The van der Waals surface area contributed by atoms with E-state index in [0.29, 0.717) is 17.0 Å². The third-order valence-electron chi connectivity index (χ3n) is 8.00. The minimum absolute atomic E-state index is 0.220. The van der Waals surface area contributed by atoms with Crippen molar-refractivity contribution in [3.8, 4) is 5.75 Å². The van der Waals surface area contributed by atoms with Gasteiger partial charge in [-0.2, -0.15) is 30.3 Å². The van der Waals surface area contributed by atoms with Gasteiger partial charge >= 0.3 is 29.2 Å². The molecule has 3 aromatic rings. The number of para-hydroxylation sites is 1. The molecule has 232 valence electrons. The van der Waals surface area contributed by atoms with E-state index in [-0.39, 0.29) is 18.3 Å². The maximum atomic E-state index is 11.8. The molecule has 0 bridgehead atoms. The number of amides is 1. The SMILES string of the molecule is CN(C)c1ccccc1[PH+](C1CCCCC1)C1CCCCC1.O=C(Nc1ccc(OSF)cc1)c1c[c-]ccc1.[Cl][Au]. The number of halogens is 2. The summed E-state index contributed by atoms with van der Waals surface area (Å²) in [6.07, 6.45) is 14.9. The van der Waals surface area contributed by atoms with Crippen molar-refractivity contribution in [3.05, 3.63) is 84.4 Å². The van der Waals surface area contributed by atoms with E-state index in [0.717, 1.165) is 11.3 Å². The number of benzene rings is 3. The zero-order valence-electron chi connectivity index (χ0n) is 24.4. The number of hydrogen-bond acceptors (Lipinski definition) is 4. The normalized spacial score (nSPS) is 15.5. The van der Waals surface area contributed by atoms with E-state index in [2.05, 4.69) is 68.0 Å². The van der Waals surface area contributed by atoms with Crippen molar-refractivity contribution >= 4 is 52.1 Å². The Labute approximate surface area is 273 Å². The first kappa shape index (κ1) is 35.0. The number of rotatable bonds is 8. The molecule has 2 aliphatic rings. The van der Waals surface area contributed by atoms with E-state index in [1.165, 1.54) is 69.9 Å². The maximum absolute atomic E-state index is 11.8. The monoisotopic (exact) mass is 812 g/mol. The number of nitrogens with zero attached hydrogens (tertiary/aromatic N) is 1. The van der Waals surface area contributed by atoms with Gasteiger partial charge in [0.05, 0.1) is 17.0 Å². The van der Waals surface area contributed by atoms with Crippen LogP contribution < -0.4 is 19.7 Å². The Morgan fingerprint density at radius 3 is 2.05 bits per heavy atom. The molecule has 1 amide bonds. The molecule has 5 rings (SSSR count). The summed E-state index contributed by atoms with van der Waals surface area (Å²) in [6, 6.07) is 25.3. The first-order chi connectivity index (χ1) is 20.6.